The molecule has 4 fully saturated rings. The third-order valence-corrected chi connectivity index (χ3v) is 6.13. The lowest BCUT2D eigenvalue weighted by molar-refractivity contribution is -0.255. The molecule has 4 N–H and O–H groups in total. The van der Waals surface area contributed by atoms with E-state index in [0.717, 1.165) is 54.7 Å². The molecule has 0 aliphatic heterocycles. The van der Waals surface area contributed by atoms with E-state index in [0.29, 0.717) is 6.61 Å². The number of ether oxygens (including phenoxy) is 1. The molecule has 0 aromatic heterocycles. The third-order valence-electron chi connectivity index (χ3n) is 6.13. The van der Waals surface area contributed by atoms with Crippen LogP contribution in [0.3, 0.4) is 0 Å². The standard InChI is InChI=1S/C19H26N2O2.ClH/c20-17-4-2-1-3-16(17)5-6-23-18(22)21-19-10-13-7-14(11-19)9-15(8-13)12-19;/h1-4,13-15H,5-12,20H2,(H,21,22);1H. The molecule has 0 radical (unpaired) electrons. The summed E-state index contributed by atoms with van der Waals surface area (Å²) in [6, 6.07) is 8.01. The summed E-state index contributed by atoms with van der Waals surface area (Å²) in [7, 11) is 0. The van der Waals surface area contributed by atoms with Crippen LogP contribution in [0.25, 0.3) is 0 Å². The minimum atomic E-state index is -0.228. The van der Waals surface area contributed by atoms with E-state index in [4.69, 9.17) is 4.74 Å². The van der Waals surface area contributed by atoms with Crippen LogP contribution in [-0.2, 0) is 11.2 Å². The van der Waals surface area contributed by atoms with Gasteiger partial charge in [0.25, 0.3) is 0 Å². The van der Waals surface area contributed by atoms with Gasteiger partial charge in [0.2, 0.25) is 0 Å². The second-order valence-corrected chi connectivity index (χ2v) is 7.98. The predicted molar refractivity (Wildman–Crippen MR) is 88.1 cm³/mol. The molecule has 0 unspecified atom stereocenters. The number of nitrogens with one attached hydrogen (secondary N) is 1. The number of hydrogen-bond acceptors (Lipinski definition) is 2. The molecule has 24 heavy (non-hydrogen) atoms. The van der Waals surface area contributed by atoms with Crippen LogP contribution in [0.1, 0.15) is 44.1 Å². The summed E-state index contributed by atoms with van der Waals surface area (Å²) in [5, 5.41) is 3.25. The lowest BCUT2D eigenvalue weighted by atomic mass is 9.53. The molecule has 1 aromatic carbocycles. The summed E-state index contributed by atoms with van der Waals surface area (Å²) in [5.41, 5.74) is 6.21. The van der Waals surface area contributed by atoms with Crippen molar-refractivity contribution in [1.82, 2.24) is 5.32 Å². The van der Waals surface area contributed by atoms with Crippen LogP contribution in [0.15, 0.2) is 24.3 Å². The summed E-state index contributed by atoms with van der Waals surface area (Å²) in [4.78, 5) is 12.3. The normalized spacial score (nSPS) is 33.0. The number of carbonyl (C=O) groups is 1. The first-order valence-electron chi connectivity index (χ1n) is 8.97. The van der Waals surface area contributed by atoms with E-state index in [9.17, 15) is 4.79 Å². The number of carbonyl (C=O) groups excluding carboxylic acids is 1. The molecule has 0 spiro atoms. The molecule has 132 valence electrons. The Morgan fingerprint density at radius 1 is 1.12 bits per heavy atom. The fourth-order valence-corrected chi connectivity index (χ4v) is 5.57. The SMILES string of the molecule is [Cl-].[NH3+]c1ccccc1CCOC(=O)NC12CC3CC(CC(C3)C1)C2. The fourth-order valence-electron chi connectivity index (χ4n) is 5.57. The van der Waals surface area contributed by atoms with Crippen molar-refractivity contribution in [3.8, 4) is 0 Å². The Kier molecular flexibility index (Phi) is 5.07. The van der Waals surface area contributed by atoms with Gasteiger partial charge >= 0.3 is 6.09 Å². The molecule has 5 heteroatoms. The van der Waals surface area contributed by atoms with Crippen LogP contribution in [-0.4, -0.2) is 18.2 Å². The van der Waals surface area contributed by atoms with Crippen molar-refractivity contribution in [3.63, 3.8) is 0 Å². The number of amides is 1. The van der Waals surface area contributed by atoms with Gasteiger partial charge in [0.15, 0.2) is 0 Å². The molecule has 1 amide bonds. The quantitative estimate of drug-likeness (QED) is 0.790. The van der Waals surface area contributed by atoms with E-state index in [2.05, 4.69) is 11.1 Å². The van der Waals surface area contributed by atoms with E-state index in [1.807, 2.05) is 24.3 Å². The topological polar surface area (TPSA) is 66.0 Å². The molecule has 4 bridgehead atoms. The molecule has 0 heterocycles. The third kappa shape index (κ3) is 3.55. The Hall–Kier alpha value is -1.26. The van der Waals surface area contributed by atoms with Gasteiger partial charge in [-0.25, -0.2) is 4.79 Å². The van der Waals surface area contributed by atoms with Gasteiger partial charge in [0.05, 0.1) is 6.61 Å². The van der Waals surface area contributed by atoms with Crippen molar-refractivity contribution < 1.29 is 27.7 Å². The Balaban J connectivity index is 0.00000169. The summed E-state index contributed by atoms with van der Waals surface area (Å²) in [6.07, 6.45) is 8.14. The summed E-state index contributed by atoms with van der Waals surface area (Å²) in [5.74, 6) is 2.50. The number of hydrogen-bond donors (Lipinski definition) is 2. The van der Waals surface area contributed by atoms with Crippen LogP contribution in [0, 0.1) is 17.8 Å². The largest absolute Gasteiger partial charge is 1.00 e. The molecule has 4 nitrogen and oxygen atoms in total. The summed E-state index contributed by atoms with van der Waals surface area (Å²) in [6.45, 7) is 0.421. The predicted octanol–water partition coefficient (Wildman–Crippen LogP) is -0.198. The lowest BCUT2D eigenvalue weighted by Crippen LogP contribution is -3.00. The number of alkyl carbamates (subject to hydrolysis) is 1. The highest BCUT2D eigenvalue weighted by Crippen LogP contribution is 2.55. The second-order valence-electron chi connectivity index (χ2n) is 7.98. The molecular weight excluding hydrogens is 324 g/mol. The molecule has 1 aromatic rings. The number of halogens is 1. The molecule has 0 saturated heterocycles. The van der Waals surface area contributed by atoms with Gasteiger partial charge in [-0.1, -0.05) is 18.2 Å². The van der Waals surface area contributed by atoms with Gasteiger partial charge in [0, 0.05) is 17.5 Å². The average molecular weight is 351 g/mol. The highest BCUT2D eigenvalue weighted by Gasteiger charge is 2.51. The molecule has 5 rings (SSSR count). The number of rotatable bonds is 4. The first-order valence-corrected chi connectivity index (χ1v) is 8.97. The zero-order valence-corrected chi connectivity index (χ0v) is 14.9. The zero-order valence-electron chi connectivity index (χ0n) is 14.1. The van der Waals surface area contributed by atoms with Gasteiger partial charge in [-0.3, -0.25) is 0 Å². The minimum Gasteiger partial charge on any atom is -1.00 e. The van der Waals surface area contributed by atoms with Crippen LogP contribution in [0.2, 0.25) is 0 Å². The molecule has 0 atom stereocenters. The highest BCUT2D eigenvalue weighted by molar-refractivity contribution is 5.68. The second kappa shape index (κ2) is 6.93. The van der Waals surface area contributed by atoms with Crippen molar-refractivity contribution >= 4 is 11.8 Å². The Morgan fingerprint density at radius 3 is 2.29 bits per heavy atom. The van der Waals surface area contributed by atoms with Crippen LogP contribution < -0.4 is 23.5 Å². The van der Waals surface area contributed by atoms with Crippen molar-refractivity contribution in [2.45, 2.75) is 50.5 Å². The monoisotopic (exact) mass is 350 g/mol. The number of quaternary nitrogens is 1. The molecular formula is C19H27ClN2O2. The maximum Gasteiger partial charge on any atom is 0.407 e. The van der Waals surface area contributed by atoms with Crippen LogP contribution >= 0.6 is 0 Å². The van der Waals surface area contributed by atoms with Crippen molar-refractivity contribution in [2.24, 2.45) is 17.8 Å². The first-order chi connectivity index (χ1) is 11.1. The Bertz CT molecular complexity index is 570. The lowest BCUT2D eigenvalue weighted by Gasteiger charge is -2.56. The Labute approximate surface area is 149 Å². The first kappa shape index (κ1) is 17.6. The maximum absolute atomic E-state index is 12.3. The van der Waals surface area contributed by atoms with Crippen molar-refractivity contribution in [3.05, 3.63) is 29.8 Å². The van der Waals surface area contributed by atoms with Gasteiger partial charge in [-0.15, -0.1) is 0 Å². The van der Waals surface area contributed by atoms with E-state index in [1.54, 1.807) is 0 Å². The van der Waals surface area contributed by atoms with Gasteiger partial charge in [-0.05, 0) is 62.3 Å². The van der Waals surface area contributed by atoms with Gasteiger partial charge < -0.3 is 28.2 Å². The molecule has 4 saturated carbocycles. The Morgan fingerprint density at radius 2 is 1.71 bits per heavy atom. The highest BCUT2D eigenvalue weighted by atomic mass is 35.5. The summed E-state index contributed by atoms with van der Waals surface area (Å²) < 4.78 is 5.46. The molecule has 4 aliphatic rings. The minimum absolute atomic E-state index is 0. The van der Waals surface area contributed by atoms with E-state index < -0.39 is 0 Å². The van der Waals surface area contributed by atoms with E-state index >= 15 is 0 Å². The van der Waals surface area contributed by atoms with Crippen molar-refractivity contribution in [2.75, 3.05) is 6.61 Å². The van der Waals surface area contributed by atoms with Crippen LogP contribution in [0.4, 0.5) is 10.5 Å². The maximum atomic E-state index is 12.3. The smallest absolute Gasteiger partial charge is 0.407 e. The molecule has 4 aliphatic carbocycles. The van der Waals surface area contributed by atoms with E-state index in [1.165, 1.54) is 19.3 Å². The van der Waals surface area contributed by atoms with Crippen molar-refractivity contribution in [1.29, 1.82) is 0 Å². The zero-order chi connectivity index (χ0) is 15.9. The fraction of sp³-hybridized carbons (Fsp3) is 0.632. The van der Waals surface area contributed by atoms with Crippen LogP contribution in [0.5, 0.6) is 0 Å². The number of benzene rings is 1. The van der Waals surface area contributed by atoms with Gasteiger partial charge in [0.1, 0.15) is 5.69 Å². The summed E-state index contributed by atoms with van der Waals surface area (Å²) >= 11 is 0. The van der Waals surface area contributed by atoms with Gasteiger partial charge in [-0.2, -0.15) is 0 Å². The van der Waals surface area contributed by atoms with E-state index in [-0.39, 0.29) is 24.0 Å². The average Bonchev–Trinajstić information content (AvgIpc) is 2.47.